The standard InChI is InChI=1S/C11H18O/c1-6-8-9(12)10(3,4)11(8,5)7-2/h6H,7H2,1-5H3/b8-6+. The van der Waals surface area contributed by atoms with Crippen LogP contribution in [-0.4, -0.2) is 5.78 Å². The van der Waals surface area contributed by atoms with E-state index in [-0.39, 0.29) is 10.8 Å². The number of hydrogen-bond acceptors (Lipinski definition) is 1. The molecule has 1 heteroatoms. The van der Waals surface area contributed by atoms with Gasteiger partial charge in [0.1, 0.15) is 0 Å². The average Bonchev–Trinajstić information content (AvgIpc) is 2.04. The fourth-order valence-corrected chi connectivity index (χ4v) is 2.19. The summed E-state index contributed by atoms with van der Waals surface area (Å²) in [5.41, 5.74) is 0.984. The van der Waals surface area contributed by atoms with Crippen LogP contribution in [-0.2, 0) is 4.79 Å². The lowest BCUT2D eigenvalue weighted by Gasteiger charge is -2.54. The molecule has 0 radical (unpaired) electrons. The fraction of sp³-hybridized carbons (Fsp3) is 0.727. The van der Waals surface area contributed by atoms with Crippen LogP contribution in [0.4, 0.5) is 0 Å². The average molecular weight is 166 g/mol. The third-order valence-electron chi connectivity index (χ3n) is 3.78. The van der Waals surface area contributed by atoms with Gasteiger partial charge in [0.25, 0.3) is 0 Å². The Kier molecular flexibility index (Phi) is 1.94. The van der Waals surface area contributed by atoms with Gasteiger partial charge in [0.05, 0.1) is 0 Å². The molecule has 1 aliphatic carbocycles. The largest absolute Gasteiger partial charge is 0.294 e. The van der Waals surface area contributed by atoms with Crippen LogP contribution < -0.4 is 0 Å². The van der Waals surface area contributed by atoms with Crippen LogP contribution in [0.15, 0.2) is 11.6 Å². The summed E-state index contributed by atoms with van der Waals surface area (Å²) in [4.78, 5) is 11.6. The second kappa shape index (κ2) is 2.45. The summed E-state index contributed by atoms with van der Waals surface area (Å²) in [6, 6.07) is 0. The first kappa shape index (κ1) is 9.50. The van der Waals surface area contributed by atoms with Gasteiger partial charge >= 0.3 is 0 Å². The van der Waals surface area contributed by atoms with Gasteiger partial charge in [0, 0.05) is 10.8 Å². The summed E-state index contributed by atoms with van der Waals surface area (Å²) in [6.07, 6.45) is 3.02. The van der Waals surface area contributed by atoms with E-state index in [0.717, 1.165) is 12.0 Å². The van der Waals surface area contributed by atoms with E-state index in [1.165, 1.54) is 0 Å². The van der Waals surface area contributed by atoms with Crippen LogP contribution in [0.5, 0.6) is 0 Å². The highest BCUT2D eigenvalue weighted by atomic mass is 16.1. The number of ketones is 1. The Morgan fingerprint density at radius 2 is 1.83 bits per heavy atom. The summed E-state index contributed by atoms with van der Waals surface area (Å²) in [5, 5.41) is 0. The molecule has 0 amide bonds. The molecule has 0 bridgehead atoms. The molecule has 1 nitrogen and oxygen atoms in total. The van der Waals surface area contributed by atoms with E-state index < -0.39 is 0 Å². The molecule has 1 saturated carbocycles. The Hall–Kier alpha value is -0.590. The Labute approximate surface area is 74.9 Å². The maximum atomic E-state index is 11.6. The van der Waals surface area contributed by atoms with Crippen molar-refractivity contribution in [2.24, 2.45) is 10.8 Å². The first-order valence-electron chi connectivity index (χ1n) is 4.63. The van der Waals surface area contributed by atoms with E-state index in [0.29, 0.717) is 5.78 Å². The van der Waals surface area contributed by atoms with Gasteiger partial charge in [0.2, 0.25) is 0 Å². The number of allylic oxidation sites excluding steroid dienone is 2. The highest BCUT2D eigenvalue weighted by Gasteiger charge is 2.59. The molecule has 0 aromatic rings. The molecule has 0 heterocycles. The van der Waals surface area contributed by atoms with Crippen molar-refractivity contribution in [1.29, 1.82) is 0 Å². The molecular weight excluding hydrogens is 148 g/mol. The first-order chi connectivity index (χ1) is 5.41. The minimum atomic E-state index is -0.149. The van der Waals surface area contributed by atoms with Crippen molar-refractivity contribution in [3.05, 3.63) is 11.6 Å². The fourth-order valence-electron chi connectivity index (χ4n) is 2.19. The van der Waals surface area contributed by atoms with Gasteiger partial charge < -0.3 is 0 Å². The highest BCUT2D eigenvalue weighted by Crippen LogP contribution is 2.58. The van der Waals surface area contributed by atoms with Gasteiger partial charge in [-0.25, -0.2) is 0 Å². The Morgan fingerprint density at radius 1 is 1.33 bits per heavy atom. The molecule has 0 N–H and O–H groups in total. The lowest BCUT2D eigenvalue weighted by molar-refractivity contribution is -0.140. The number of carbonyl (C=O) groups is 1. The first-order valence-corrected chi connectivity index (χ1v) is 4.63. The number of rotatable bonds is 1. The zero-order valence-corrected chi connectivity index (χ0v) is 8.69. The molecular formula is C11H18O. The predicted octanol–water partition coefficient (Wildman–Crippen LogP) is 2.96. The Bertz CT molecular complexity index is 248. The molecule has 1 fully saturated rings. The van der Waals surface area contributed by atoms with Gasteiger partial charge in [-0.1, -0.05) is 33.8 Å². The second-order valence-corrected chi connectivity index (χ2v) is 4.34. The van der Waals surface area contributed by atoms with Gasteiger partial charge in [-0.05, 0) is 18.9 Å². The minimum absolute atomic E-state index is 0.110. The van der Waals surface area contributed by atoms with Gasteiger partial charge in [-0.2, -0.15) is 0 Å². The Balaban J connectivity index is 3.10. The number of Topliss-reactive ketones (excluding diaryl/α,β-unsaturated/α-hetero) is 1. The van der Waals surface area contributed by atoms with Crippen LogP contribution in [0.25, 0.3) is 0 Å². The van der Waals surface area contributed by atoms with Crippen molar-refractivity contribution < 1.29 is 4.79 Å². The van der Waals surface area contributed by atoms with Gasteiger partial charge in [0.15, 0.2) is 5.78 Å². The smallest absolute Gasteiger partial charge is 0.165 e. The maximum Gasteiger partial charge on any atom is 0.165 e. The Morgan fingerprint density at radius 3 is 2.08 bits per heavy atom. The van der Waals surface area contributed by atoms with Gasteiger partial charge in [-0.3, -0.25) is 4.79 Å². The van der Waals surface area contributed by atoms with E-state index in [1.807, 2.05) is 26.8 Å². The molecule has 0 aromatic carbocycles. The second-order valence-electron chi connectivity index (χ2n) is 4.34. The lowest BCUT2D eigenvalue weighted by atomic mass is 9.47. The van der Waals surface area contributed by atoms with Crippen molar-refractivity contribution in [2.75, 3.05) is 0 Å². The molecule has 0 aliphatic heterocycles. The predicted molar refractivity (Wildman–Crippen MR) is 50.9 cm³/mol. The summed E-state index contributed by atoms with van der Waals surface area (Å²) in [5.74, 6) is 0.328. The van der Waals surface area contributed by atoms with E-state index >= 15 is 0 Å². The van der Waals surface area contributed by atoms with Gasteiger partial charge in [-0.15, -0.1) is 0 Å². The summed E-state index contributed by atoms with van der Waals surface area (Å²) >= 11 is 0. The van der Waals surface area contributed by atoms with Crippen molar-refractivity contribution >= 4 is 5.78 Å². The van der Waals surface area contributed by atoms with E-state index in [4.69, 9.17) is 0 Å². The summed E-state index contributed by atoms with van der Waals surface area (Å²) in [7, 11) is 0. The van der Waals surface area contributed by atoms with Crippen LogP contribution in [0, 0.1) is 10.8 Å². The van der Waals surface area contributed by atoms with Crippen LogP contribution in [0.3, 0.4) is 0 Å². The maximum absolute atomic E-state index is 11.6. The quantitative estimate of drug-likeness (QED) is 0.547. The van der Waals surface area contributed by atoms with E-state index in [1.54, 1.807) is 0 Å². The van der Waals surface area contributed by atoms with E-state index in [9.17, 15) is 4.79 Å². The molecule has 0 aromatic heterocycles. The van der Waals surface area contributed by atoms with Crippen molar-refractivity contribution in [2.45, 2.75) is 41.0 Å². The lowest BCUT2D eigenvalue weighted by Crippen LogP contribution is -2.56. The van der Waals surface area contributed by atoms with Crippen LogP contribution in [0.1, 0.15) is 41.0 Å². The number of carbonyl (C=O) groups excluding carboxylic acids is 1. The summed E-state index contributed by atoms with van der Waals surface area (Å²) < 4.78 is 0. The van der Waals surface area contributed by atoms with Crippen molar-refractivity contribution in [3.63, 3.8) is 0 Å². The zero-order chi connectivity index (χ0) is 9.57. The van der Waals surface area contributed by atoms with Crippen LogP contribution >= 0.6 is 0 Å². The molecule has 12 heavy (non-hydrogen) atoms. The van der Waals surface area contributed by atoms with E-state index in [2.05, 4.69) is 13.8 Å². The van der Waals surface area contributed by atoms with Crippen molar-refractivity contribution in [1.82, 2.24) is 0 Å². The highest BCUT2D eigenvalue weighted by molar-refractivity contribution is 6.08. The molecule has 1 atom stereocenters. The SMILES string of the molecule is C/C=C1\C(=O)C(C)(C)C1(C)CC. The van der Waals surface area contributed by atoms with Crippen molar-refractivity contribution in [3.8, 4) is 0 Å². The summed E-state index contributed by atoms with van der Waals surface area (Å²) in [6.45, 7) is 10.4. The number of hydrogen-bond donors (Lipinski definition) is 0. The zero-order valence-electron chi connectivity index (χ0n) is 8.69. The topological polar surface area (TPSA) is 17.1 Å². The molecule has 0 spiro atoms. The normalized spacial score (nSPS) is 36.8. The minimum Gasteiger partial charge on any atom is -0.294 e. The van der Waals surface area contributed by atoms with Crippen LogP contribution in [0.2, 0.25) is 0 Å². The molecule has 0 saturated heterocycles. The molecule has 1 rings (SSSR count). The molecule has 1 unspecified atom stereocenters. The third kappa shape index (κ3) is 0.769. The molecule has 68 valence electrons. The molecule has 1 aliphatic rings. The monoisotopic (exact) mass is 166 g/mol. The third-order valence-corrected chi connectivity index (χ3v) is 3.78.